The third kappa shape index (κ3) is 7.08. The van der Waals surface area contributed by atoms with E-state index in [4.69, 9.17) is 0 Å². The maximum absolute atomic E-state index is 4.05. The van der Waals surface area contributed by atoms with Gasteiger partial charge in [0.1, 0.15) is 0 Å². The molecule has 70 valence electrons. The molecule has 0 aromatic heterocycles. The van der Waals surface area contributed by atoms with Crippen molar-refractivity contribution in [1.29, 1.82) is 0 Å². The molecule has 0 spiro atoms. The molecule has 0 fully saturated rings. The van der Waals surface area contributed by atoms with Crippen molar-refractivity contribution in [3.63, 3.8) is 0 Å². The fraction of sp³-hybridized carbons (Fsp3) is 0.625. The largest absolute Gasteiger partial charge is 0.324 e. The molecule has 4 nitrogen and oxygen atoms in total. The lowest BCUT2D eigenvalue weighted by molar-refractivity contribution is 0.328. The Kier molecular flexibility index (Phi) is 5.12. The molecule has 0 aromatic carbocycles. The topological polar surface area (TPSA) is 30.9 Å². The summed E-state index contributed by atoms with van der Waals surface area (Å²) < 4.78 is 0. The van der Waals surface area contributed by atoms with Gasteiger partial charge >= 0.3 is 0 Å². The smallest absolute Gasteiger partial charge is 0.0487 e. The van der Waals surface area contributed by atoms with E-state index in [-0.39, 0.29) is 0 Å². The molecule has 0 rings (SSSR count). The maximum atomic E-state index is 4.05. The van der Waals surface area contributed by atoms with E-state index in [1.807, 2.05) is 46.2 Å². The monoisotopic (exact) mass is 170 g/mol. The predicted molar refractivity (Wildman–Crippen MR) is 52.8 cm³/mol. The molecule has 1 N–H and O–H groups in total. The van der Waals surface area contributed by atoms with Crippen LogP contribution in [0.3, 0.4) is 0 Å². The average molecular weight is 170 g/mol. The summed E-state index contributed by atoms with van der Waals surface area (Å²) in [6, 6.07) is 0. The van der Waals surface area contributed by atoms with Gasteiger partial charge in [-0.2, -0.15) is 5.10 Å². The maximum Gasteiger partial charge on any atom is 0.0487 e. The van der Waals surface area contributed by atoms with E-state index in [1.165, 1.54) is 0 Å². The summed E-state index contributed by atoms with van der Waals surface area (Å²) in [5, 5.41) is 7.68. The Morgan fingerprint density at radius 3 is 2.25 bits per heavy atom. The van der Waals surface area contributed by atoms with Crippen molar-refractivity contribution in [2.24, 2.45) is 5.10 Å². The molecule has 0 saturated carbocycles. The lowest BCUT2D eigenvalue weighted by Crippen LogP contribution is -2.28. The molecular weight excluding hydrogens is 152 g/mol. The number of nitrogens with zero attached hydrogens (tertiary/aromatic N) is 3. The SMILES string of the molecule is C/C(=C/C=N/N(C)C)NN(C)C. The van der Waals surface area contributed by atoms with Gasteiger partial charge in [-0.1, -0.05) is 0 Å². The molecule has 0 unspecified atom stereocenters. The normalized spacial score (nSPS) is 12.7. The summed E-state index contributed by atoms with van der Waals surface area (Å²) in [5.41, 5.74) is 4.16. The summed E-state index contributed by atoms with van der Waals surface area (Å²) in [4.78, 5) is 0. The molecule has 0 radical (unpaired) electrons. The van der Waals surface area contributed by atoms with Crippen LogP contribution in [0.25, 0.3) is 0 Å². The van der Waals surface area contributed by atoms with Gasteiger partial charge in [0.05, 0.1) is 0 Å². The van der Waals surface area contributed by atoms with Gasteiger partial charge in [-0.15, -0.1) is 0 Å². The van der Waals surface area contributed by atoms with Crippen LogP contribution in [-0.2, 0) is 0 Å². The highest BCUT2D eigenvalue weighted by atomic mass is 15.5. The summed E-state index contributed by atoms with van der Waals surface area (Å²) in [6.07, 6.45) is 3.67. The van der Waals surface area contributed by atoms with E-state index in [0.717, 1.165) is 5.70 Å². The molecular formula is C8H18N4. The van der Waals surface area contributed by atoms with Gasteiger partial charge in [0.2, 0.25) is 0 Å². The number of rotatable bonds is 4. The fourth-order valence-electron chi connectivity index (χ4n) is 0.668. The van der Waals surface area contributed by atoms with E-state index >= 15 is 0 Å². The minimum atomic E-state index is 1.06. The summed E-state index contributed by atoms with van der Waals surface area (Å²) in [6.45, 7) is 1.99. The highest BCUT2D eigenvalue weighted by Gasteiger charge is 1.86. The number of hydrazine groups is 1. The summed E-state index contributed by atoms with van der Waals surface area (Å²) in [5.74, 6) is 0. The Labute approximate surface area is 74.5 Å². The molecule has 0 bridgehead atoms. The van der Waals surface area contributed by atoms with E-state index in [2.05, 4.69) is 10.5 Å². The number of nitrogens with one attached hydrogen (secondary N) is 1. The summed E-state index contributed by atoms with van der Waals surface area (Å²) in [7, 11) is 7.67. The second-order valence-corrected chi connectivity index (χ2v) is 2.97. The lowest BCUT2D eigenvalue weighted by Gasteiger charge is -2.12. The highest BCUT2D eigenvalue weighted by molar-refractivity contribution is 5.71. The highest BCUT2D eigenvalue weighted by Crippen LogP contribution is 1.84. The number of hydrazone groups is 1. The van der Waals surface area contributed by atoms with Crippen molar-refractivity contribution < 1.29 is 0 Å². The first-order chi connectivity index (χ1) is 5.52. The summed E-state index contributed by atoms with van der Waals surface area (Å²) >= 11 is 0. The van der Waals surface area contributed by atoms with Crippen LogP contribution in [-0.4, -0.2) is 44.4 Å². The number of hydrogen-bond acceptors (Lipinski definition) is 4. The van der Waals surface area contributed by atoms with Crippen LogP contribution >= 0.6 is 0 Å². The van der Waals surface area contributed by atoms with E-state index < -0.39 is 0 Å². The molecule has 12 heavy (non-hydrogen) atoms. The third-order valence-corrected chi connectivity index (χ3v) is 1.02. The average Bonchev–Trinajstić information content (AvgIpc) is 1.84. The molecule has 0 heterocycles. The minimum Gasteiger partial charge on any atom is -0.324 e. The molecule has 0 saturated heterocycles. The molecule has 0 atom stereocenters. The van der Waals surface area contributed by atoms with Crippen molar-refractivity contribution >= 4 is 6.21 Å². The number of hydrogen-bond donors (Lipinski definition) is 1. The van der Waals surface area contributed by atoms with Crippen LogP contribution in [0.4, 0.5) is 0 Å². The van der Waals surface area contributed by atoms with Crippen LogP contribution in [0.15, 0.2) is 16.9 Å². The van der Waals surface area contributed by atoms with Gasteiger partial charge in [-0.3, -0.25) is 0 Å². The van der Waals surface area contributed by atoms with Crippen molar-refractivity contribution in [1.82, 2.24) is 15.4 Å². The van der Waals surface area contributed by atoms with Crippen LogP contribution in [0, 0.1) is 0 Å². The molecule has 0 amide bonds. The Hall–Kier alpha value is -1.03. The Morgan fingerprint density at radius 1 is 1.25 bits per heavy atom. The van der Waals surface area contributed by atoms with Crippen LogP contribution in [0.2, 0.25) is 0 Å². The third-order valence-electron chi connectivity index (χ3n) is 1.02. The first-order valence-electron chi connectivity index (χ1n) is 3.84. The molecule has 0 aliphatic heterocycles. The quantitative estimate of drug-likeness (QED) is 0.492. The van der Waals surface area contributed by atoms with E-state index in [0.29, 0.717) is 0 Å². The Bertz CT molecular complexity index is 170. The van der Waals surface area contributed by atoms with Crippen LogP contribution < -0.4 is 5.43 Å². The van der Waals surface area contributed by atoms with Crippen molar-refractivity contribution in [3.8, 4) is 0 Å². The van der Waals surface area contributed by atoms with E-state index in [9.17, 15) is 0 Å². The minimum absolute atomic E-state index is 1.06. The van der Waals surface area contributed by atoms with Gasteiger partial charge in [-0.25, -0.2) is 5.01 Å². The van der Waals surface area contributed by atoms with Gasteiger partial charge in [0, 0.05) is 40.1 Å². The lowest BCUT2D eigenvalue weighted by atomic mass is 10.5. The van der Waals surface area contributed by atoms with Crippen molar-refractivity contribution in [2.45, 2.75) is 6.92 Å². The van der Waals surface area contributed by atoms with Gasteiger partial charge in [-0.05, 0) is 13.0 Å². The zero-order valence-electron chi connectivity index (χ0n) is 8.50. The fourth-order valence-corrected chi connectivity index (χ4v) is 0.668. The first kappa shape index (κ1) is 11.0. The zero-order chi connectivity index (χ0) is 9.56. The molecule has 0 aliphatic rings. The first-order valence-corrected chi connectivity index (χ1v) is 3.84. The van der Waals surface area contributed by atoms with Crippen LogP contribution in [0.1, 0.15) is 6.92 Å². The van der Waals surface area contributed by atoms with Gasteiger partial charge < -0.3 is 10.4 Å². The predicted octanol–water partition coefficient (Wildman–Crippen LogP) is 0.504. The Morgan fingerprint density at radius 2 is 1.83 bits per heavy atom. The molecule has 4 heteroatoms. The molecule has 0 aliphatic carbocycles. The second-order valence-electron chi connectivity index (χ2n) is 2.97. The standard InChI is InChI=1S/C8H18N4/c1-8(10-12(4)5)6-7-9-11(2)3/h6-7,10H,1-5H3/b8-6-,9-7+. The van der Waals surface area contributed by atoms with Gasteiger partial charge in [0.25, 0.3) is 0 Å². The van der Waals surface area contributed by atoms with Crippen LogP contribution in [0.5, 0.6) is 0 Å². The zero-order valence-corrected chi connectivity index (χ0v) is 8.50. The van der Waals surface area contributed by atoms with Crippen molar-refractivity contribution in [3.05, 3.63) is 11.8 Å². The van der Waals surface area contributed by atoms with Gasteiger partial charge in [0.15, 0.2) is 0 Å². The molecule has 0 aromatic rings. The second kappa shape index (κ2) is 5.60. The van der Waals surface area contributed by atoms with E-state index in [1.54, 1.807) is 11.2 Å². The van der Waals surface area contributed by atoms with Crippen molar-refractivity contribution in [2.75, 3.05) is 28.2 Å². The number of allylic oxidation sites excluding steroid dienone is 2. The Balaban J connectivity index is 3.84.